The van der Waals surface area contributed by atoms with Gasteiger partial charge >= 0.3 is 0 Å². The van der Waals surface area contributed by atoms with Gasteiger partial charge in [-0.1, -0.05) is 169 Å². The van der Waals surface area contributed by atoms with Crippen molar-refractivity contribution in [1.82, 2.24) is 0 Å². The van der Waals surface area contributed by atoms with Crippen molar-refractivity contribution in [3.8, 4) is 0 Å². The van der Waals surface area contributed by atoms with Crippen LogP contribution in [0.1, 0.15) is 16.7 Å². The van der Waals surface area contributed by atoms with Crippen molar-refractivity contribution in [2.45, 2.75) is 0 Å². The second kappa shape index (κ2) is 11.9. The molecule has 38 heavy (non-hydrogen) atoms. The Morgan fingerprint density at radius 2 is 0.895 bits per heavy atom. The van der Waals surface area contributed by atoms with Gasteiger partial charge in [-0.15, -0.1) is 0 Å². The highest BCUT2D eigenvalue weighted by atomic mass is 14.6. The molecule has 0 fully saturated rings. The van der Waals surface area contributed by atoms with Crippen molar-refractivity contribution in [3.05, 3.63) is 181 Å². The SMILES string of the molecule is C=C(/C=C(\C=C(/N)c1ccc(B(c2ccccc2)c2ccccc2)cc1)c1ccccc1)c1ccccc1. The van der Waals surface area contributed by atoms with Crippen LogP contribution in [0.5, 0.6) is 0 Å². The number of rotatable bonds is 8. The summed E-state index contributed by atoms with van der Waals surface area (Å²) < 4.78 is 0. The van der Waals surface area contributed by atoms with Crippen LogP contribution >= 0.6 is 0 Å². The minimum atomic E-state index is 0.158. The number of benzene rings is 5. The molecule has 1 nitrogen and oxygen atoms in total. The standard InChI is InChI=1S/C36H30BN/c1-28(29-14-6-2-7-15-29)26-32(30-16-8-3-9-17-30)27-36(38)31-22-24-35(25-23-31)37(33-18-10-4-11-19-33)34-20-12-5-13-21-34/h2-27H,1,38H2/b32-26+,36-27-. The van der Waals surface area contributed by atoms with Crippen molar-refractivity contribution >= 4 is 39.9 Å². The van der Waals surface area contributed by atoms with E-state index >= 15 is 0 Å². The Kier molecular flexibility index (Phi) is 7.82. The highest BCUT2D eigenvalue weighted by Gasteiger charge is 2.21. The fourth-order valence-corrected chi connectivity index (χ4v) is 4.75. The summed E-state index contributed by atoms with van der Waals surface area (Å²) in [5.74, 6) is 0. The first kappa shape index (κ1) is 24.9. The van der Waals surface area contributed by atoms with Gasteiger partial charge in [0.25, 0.3) is 0 Å². The Hall–Kier alpha value is -4.82. The second-order valence-corrected chi connectivity index (χ2v) is 9.33. The first-order valence-electron chi connectivity index (χ1n) is 12.9. The zero-order chi connectivity index (χ0) is 26.2. The van der Waals surface area contributed by atoms with E-state index in [4.69, 9.17) is 5.73 Å². The lowest BCUT2D eigenvalue weighted by atomic mass is 9.37. The number of hydrogen-bond acceptors (Lipinski definition) is 1. The Bertz CT molecular complexity index is 1500. The minimum absolute atomic E-state index is 0.158. The molecule has 0 saturated heterocycles. The maximum atomic E-state index is 6.69. The van der Waals surface area contributed by atoms with E-state index in [0.29, 0.717) is 5.70 Å². The van der Waals surface area contributed by atoms with Gasteiger partial charge < -0.3 is 5.73 Å². The molecule has 5 aromatic carbocycles. The molecule has 0 unspecified atom stereocenters. The highest BCUT2D eigenvalue weighted by molar-refractivity contribution is 6.95. The van der Waals surface area contributed by atoms with Crippen LogP contribution in [-0.2, 0) is 0 Å². The summed E-state index contributed by atoms with van der Waals surface area (Å²) in [5, 5.41) is 0. The quantitative estimate of drug-likeness (QED) is 0.202. The third kappa shape index (κ3) is 5.94. The molecule has 0 saturated carbocycles. The van der Waals surface area contributed by atoms with Crippen LogP contribution in [0.3, 0.4) is 0 Å². The third-order valence-corrected chi connectivity index (χ3v) is 6.74. The van der Waals surface area contributed by atoms with E-state index in [1.54, 1.807) is 0 Å². The molecule has 0 radical (unpaired) electrons. The van der Waals surface area contributed by atoms with Crippen LogP contribution in [0, 0.1) is 0 Å². The molecule has 5 rings (SSSR count). The molecule has 0 bridgehead atoms. The van der Waals surface area contributed by atoms with Crippen LogP contribution in [0.4, 0.5) is 0 Å². The molecule has 182 valence electrons. The van der Waals surface area contributed by atoms with Gasteiger partial charge in [-0.2, -0.15) is 0 Å². The van der Waals surface area contributed by atoms with Gasteiger partial charge in [-0.05, 0) is 40.0 Å². The van der Waals surface area contributed by atoms with E-state index in [1.165, 1.54) is 16.4 Å². The van der Waals surface area contributed by atoms with E-state index < -0.39 is 0 Å². The van der Waals surface area contributed by atoms with Gasteiger partial charge in [0, 0.05) is 5.70 Å². The van der Waals surface area contributed by atoms with E-state index in [2.05, 4.69) is 122 Å². The summed E-state index contributed by atoms with van der Waals surface area (Å²) in [5.41, 5.74) is 16.3. The molecule has 0 atom stereocenters. The molecule has 0 amide bonds. The zero-order valence-electron chi connectivity index (χ0n) is 21.4. The molecule has 2 N–H and O–H groups in total. The first-order chi connectivity index (χ1) is 18.7. The summed E-state index contributed by atoms with van der Waals surface area (Å²) in [7, 11) is 0. The van der Waals surface area contributed by atoms with E-state index in [1.807, 2.05) is 42.5 Å². The summed E-state index contributed by atoms with van der Waals surface area (Å²) >= 11 is 0. The summed E-state index contributed by atoms with van der Waals surface area (Å²) in [6, 6.07) is 50.4. The molecule has 0 aliphatic rings. The molecule has 0 aliphatic carbocycles. The average molecular weight is 487 g/mol. The van der Waals surface area contributed by atoms with E-state index in [0.717, 1.165) is 27.8 Å². The lowest BCUT2D eigenvalue weighted by molar-refractivity contribution is 1.52. The van der Waals surface area contributed by atoms with Crippen molar-refractivity contribution in [2.24, 2.45) is 5.73 Å². The minimum Gasteiger partial charge on any atom is -0.398 e. The van der Waals surface area contributed by atoms with Gasteiger partial charge in [0.2, 0.25) is 6.71 Å². The van der Waals surface area contributed by atoms with Crippen LogP contribution in [-0.4, -0.2) is 6.71 Å². The largest absolute Gasteiger partial charge is 0.398 e. The Morgan fingerprint density at radius 1 is 0.474 bits per heavy atom. The summed E-state index contributed by atoms with van der Waals surface area (Å²) in [4.78, 5) is 0. The lowest BCUT2D eigenvalue weighted by Crippen LogP contribution is -2.51. The lowest BCUT2D eigenvalue weighted by Gasteiger charge is -2.16. The highest BCUT2D eigenvalue weighted by Crippen LogP contribution is 2.24. The van der Waals surface area contributed by atoms with Crippen molar-refractivity contribution in [2.75, 3.05) is 0 Å². The normalized spacial score (nSPS) is 11.7. The molecular formula is C36H30BN. The van der Waals surface area contributed by atoms with Gasteiger partial charge in [0.15, 0.2) is 0 Å². The number of allylic oxidation sites excluding steroid dienone is 4. The first-order valence-corrected chi connectivity index (χ1v) is 12.9. The van der Waals surface area contributed by atoms with E-state index in [9.17, 15) is 0 Å². The predicted molar refractivity (Wildman–Crippen MR) is 166 cm³/mol. The number of hydrogen-bond donors (Lipinski definition) is 1. The fourth-order valence-electron chi connectivity index (χ4n) is 4.75. The fraction of sp³-hybridized carbons (Fsp3) is 0. The van der Waals surface area contributed by atoms with Gasteiger partial charge in [0.05, 0.1) is 0 Å². The smallest absolute Gasteiger partial charge is 0.241 e. The molecule has 5 aromatic rings. The predicted octanol–water partition coefficient (Wildman–Crippen LogP) is 6.30. The topological polar surface area (TPSA) is 26.0 Å². The van der Waals surface area contributed by atoms with Crippen molar-refractivity contribution in [3.63, 3.8) is 0 Å². The maximum absolute atomic E-state index is 6.69. The Morgan fingerprint density at radius 3 is 1.39 bits per heavy atom. The molecular weight excluding hydrogens is 457 g/mol. The zero-order valence-corrected chi connectivity index (χ0v) is 21.4. The third-order valence-electron chi connectivity index (χ3n) is 6.74. The Labute approximate surface area is 226 Å². The second-order valence-electron chi connectivity index (χ2n) is 9.33. The van der Waals surface area contributed by atoms with Crippen LogP contribution in [0.2, 0.25) is 0 Å². The molecule has 0 aromatic heterocycles. The van der Waals surface area contributed by atoms with E-state index in [-0.39, 0.29) is 6.71 Å². The monoisotopic (exact) mass is 487 g/mol. The summed E-state index contributed by atoms with van der Waals surface area (Å²) in [6.07, 6.45) is 4.15. The molecule has 0 spiro atoms. The van der Waals surface area contributed by atoms with Crippen molar-refractivity contribution in [1.29, 1.82) is 0 Å². The number of nitrogens with two attached hydrogens (primary N) is 1. The maximum Gasteiger partial charge on any atom is 0.241 e. The molecule has 2 heteroatoms. The van der Waals surface area contributed by atoms with Gasteiger partial charge in [-0.25, -0.2) is 0 Å². The summed E-state index contributed by atoms with van der Waals surface area (Å²) in [6.45, 7) is 4.47. The Balaban J connectivity index is 1.49. The van der Waals surface area contributed by atoms with Crippen LogP contribution < -0.4 is 22.1 Å². The van der Waals surface area contributed by atoms with Crippen molar-refractivity contribution < 1.29 is 0 Å². The molecule has 0 heterocycles. The van der Waals surface area contributed by atoms with Gasteiger partial charge in [-0.3, -0.25) is 0 Å². The average Bonchev–Trinajstić information content (AvgIpc) is 2.99. The van der Waals surface area contributed by atoms with Gasteiger partial charge in [0.1, 0.15) is 0 Å². The van der Waals surface area contributed by atoms with Crippen LogP contribution in [0.25, 0.3) is 16.8 Å². The van der Waals surface area contributed by atoms with Crippen LogP contribution in [0.15, 0.2) is 164 Å². The molecule has 0 aliphatic heterocycles.